The molecule has 3 heteroatoms. The van der Waals surface area contributed by atoms with Crippen LogP contribution in [0.5, 0.6) is 0 Å². The first-order valence-corrected chi connectivity index (χ1v) is 9.33. The Morgan fingerprint density at radius 3 is 2.25 bits per heavy atom. The molecule has 0 aromatic heterocycles. The maximum Gasteiger partial charge on any atom is 0.164 e. The van der Waals surface area contributed by atoms with Gasteiger partial charge in [-0.2, -0.15) is 0 Å². The Morgan fingerprint density at radius 2 is 1.70 bits per heavy atom. The second-order valence-corrected chi connectivity index (χ2v) is 8.11. The summed E-state index contributed by atoms with van der Waals surface area (Å²) in [6, 6.07) is 10.2. The molecule has 0 saturated heterocycles. The molecule has 1 aromatic rings. The van der Waals surface area contributed by atoms with Crippen molar-refractivity contribution in [2.75, 3.05) is 13.1 Å². The van der Waals surface area contributed by atoms with Crippen molar-refractivity contribution < 1.29 is 4.57 Å². The Morgan fingerprint density at radius 1 is 1.10 bits per heavy atom. The van der Waals surface area contributed by atoms with Crippen LogP contribution in [0.1, 0.15) is 25.8 Å². The fraction of sp³-hybridized carbons (Fsp3) is 0.412. The molecule has 0 aliphatic heterocycles. The van der Waals surface area contributed by atoms with Gasteiger partial charge in [-0.15, -0.1) is 0 Å². The molecule has 0 fully saturated rings. The molecule has 0 heterocycles. The average Bonchev–Trinajstić information content (AvgIpc) is 2.50. The van der Waals surface area contributed by atoms with Gasteiger partial charge in [0.15, 0.2) is 7.29 Å². The molecule has 0 N–H and O–H groups in total. The monoisotopic (exact) mass is 289 g/mol. The summed E-state index contributed by atoms with van der Waals surface area (Å²) in [4.78, 5) is 0. The number of hydrogen-bond donors (Lipinski definition) is 0. The molecule has 0 spiro atoms. The van der Waals surface area contributed by atoms with Crippen LogP contribution in [0.2, 0.25) is 0 Å². The molecule has 20 heavy (non-hydrogen) atoms. The molecule has 1 aliphatic rings. The molecule has 2 nitrogen and oxygen atoms in total. The molecule has 1 unspecified atom stereocenters. The van der Waals surface area contributed by atoms with Gasteiger partial charge in [-0.1, -0.05) is 68.5 Å². The first kappa shape index (κ1) is 15.3. The third-order valence-corrected chi connectivity index (χ3v) is 7.48. The number of benzene rings is 1. The smallest absolute Gasteiger partial charge is 0.164 e. The van der Waals surface area contributed by atoms with Crippen molar-refractivity contribution in [1.29, 1.82) is 0 Å². The summed E-state index contributed by atoms with van der Waals surface area (Å²) in [5.41, 5.74) is 1.21. The van der Waals surface area contributed by atoms with E-state index in [1.165, 1.54) is 0 Å². The van der Waals surface area contributed by atoms with Crippen LogP contribution in [0, 0.1) is 0 Å². The largest absolute Gasteiger partial charge is 0.305 e. The van der Waals surface area contributed by atoms with Crippen LogP contribution in [0.4, 0.5) is 0 Å². The highest BCUT2D eigenvalue weighted by molar-refractivity contribution is 7.61. The van der Waals surface area contributed by atoms with Crippen molar-refractivity contribution in [3.63, 3.8) is 0 Å². The van der Waals surface area contributed by atoms with Gasteiger partial charge < -0.3 is 4.57 Å². The Labute approximate surface area is 122 Å². The minimum Gasteiger partial charge on any atom is -0.305 e. The van der Waals surface area contributed by atoms with Gasteiger partial charge in [-0.05, 0) is 12.0 Å². The highest BCUT2D eigenvalue weighted by atomic mass is 31.2. The van der Waals surface area contributed by atoms with Gasteiger partial charge in [-0.25, -0.2) is 0 Å². The molecule has 2 rings (SSSR count). The summed E-state index contributed by atoms with van der Waals surface area (Å²) in [6.45, 7) is 5.85. The molecule has 0 saturated carbocycles. The van der Waals surface area contributed by atoms with Gasteiger partial charge in [0.1, 0.15) is 0 Å². The highest BCUT2D eigenvalue weighted by Crippen LogP contribution is 2.58. The van der Waals surface area contributed by atoms with E-state index < -0.39 is 7.29 Å². The van der Waals surface area contributed by atoms with E-state index in [9.17, 15) is 4.57 Å². The SMILES string of the molecule is CCN(CC)P(=O)(Cc1ccccc1)C1C=CCC=C1. The molecule has 1 atom stereocenters. The van der Waals surface area contributed by atoms with Crippen molar-refractivity contribution in [3.8, 4) is 0 Å². The molecule has 0 radical (unpaired) electrons. The molecule has 0 amide bonds. The lowest BCUT2D eigenvalue weighted by Gasteiger charge is -2.34. The van der Waals surface area contributed by atoms with Gasteiger partial charge in [0.05, 0.1) is 5.66 Å². The van der Waals surface area contributed by atoms with E-state index in [2.05, 4.69) is 55.0 Å². The average molecular weight is 289 g/mol. The second-order valence-electron chi connectivity index (χ2n) is 5.12. The van der Waals surface area contributed by atoms with E-state index in [4.69, 9.17) is 0 Å². The summed E-state index contributed by atoms with van der Waals surface area (Å²) >= 11 is 0. The maximum atomic E-state index is 13.7. The summed E-state index contributed by atoms with van der Waals surface area (Å²) in [6.07, 6.45) is 10.1. The second kappa shape index (κ2) is 7.06. The maximum absolute atomic E-state index is 13.7. The minimum atomic E-state index is -2.47. The third-order valence-electron chi connectivity index (χ3n) is 3.87. The molecule has 108 valence electrons. The summed E-state index contributed by atoms with van der Waals surface area (Å²) < 4.78 is 15.9. The summed E-state index contributed by atoms with van der Waals surface area (Å²) in [7, 11) is -2.47. The first-order valence-electron chi connectivity index (χ1n) is 7.42. The topological polar surface area (TPSA) is 20.3 Å². The standard InChI is InChI=1S/C17H24NOP/c1-3-18(4-2)20(19,17-13-9-6-10-14-17)15-16-11-7-5-8-12-16/h5,7-14,17H,3-4,6,15H2,1-2H3. The Bertz CT molecular complexity index is 505. The van der Waals surface area contributed by atoms with Crippen LogP contribution in [0.25, 0.3) is 0 Å². The highest BCUT2D eigenvalue weighted by Gasteiger charge is 2.35. The normalized spacial score (nSPS) is 18.4. The number of hydrogen-bond acceptors (Lipinski definition) is 1. The Kier molecular flexibility index (Phi) is 5.39. The summed E-state index contributed by atoms with van der Waals surface area (Å²) in [5, 5.41) is 0. The van der Waals surface area contributed by atoms with Crippen LogP contribution in [-0.4, -0.2) is 23.4 Å². The fourth-order valence-corrected chi connectivity index (χ4v) is 6.05. The summed E-state index contributed by atoms with van der Waals surface area (Å²) in [5.74, 6) is 0. The van der Waals surface area contributed by atoms with Gasteiger partial charge in [-0.3, -0.25) is 4.67 Å². The molecule has 0 bridgehead atoms. The quantitative estimate of drug-likeness (QED) is 0.559. The van der Waals surface area contributed by atoms with E-state index in [1.807, 2.05) is 18.2 Å². The van der Waals surface area contributed by atoms with Crippen molar-refractivity contribution in [3.05, 3.63) is 60.2 Å². The van der Waals surface area contributed by atoms with Gasteiger partial charge >= 0.3 is 0 Å². The van der Waals surface area contributed by atoms with Crippen molar-refractivity contribution >= 4 is 7.29 Å². The molecular weight excluding hydrogens is 265 g/mol. The van der Waals surface area contributed by atoms with E-state index in [0.717, 1.165) is 25.1 Å². The van der Waals surface area contributed by atoms with E-state index in [1.54, 1.807) is 0 Å². The van der Waals surface area contributed by atoms with Crippen molar-refractivity contribution in [1.82, 2.24) is 4.67 Å². The van der Waals surface area contributed by atoms with Crippen LogP contribution < -0.4 is 0 Å². The molecular formula is C17H24NOP. The lowest BCUT2D eigenvalue weighted by Crippen LogP contribution is -2.26. The van der Waals surface area contributed by atoms with Crippen LogP contribution in [-0.2, 0) is 10.7 Å². The predicted octanol–water partition coefficient (Wildman–Crippen LogP) is 4.69. The van der Waals surface area contributed by atoms with Crippen LogP contribution >= 0.6 is 7.29 Å². The molecule has 1 aliphatic carbocycles. The molecule has 1 aromatic carbocycles. The first-order chi connectivity index (χ1) is 9.70. The zero-order valence-electron chi connectivity index (χ0n) is 12.4. The Hall–Kier alpha value is -1.11. The Balaban J connectivity index is 2.33. The van der Waals surface area contributed by atoms with E-state index >= 15 is 0 Å². The lowest BCUT2D eigenvalue weighted by atomic mass is 10.2. The number of rotatable bonds is 6. The lowest BCUT2D eigenvalue weighted by molar-refractivity contribution is 0.439. The third kappa shape index (κ3) is 3.31. The minimum absolute atomic E-state index is 0.0522. The van der Waals surface area contributed by atoms with Gasteiger partial charge in [0.25, 0.3) is 0 Å². The van der Waals surface area contributed by atoms with Crippen LogP contribution in [0.15, 0.2) is 54.6 Å². The predicted molar refractivity (Wildman–Crippen MR) is 87.4 cm³/mol. The van der Waals surface area contributed by atoms with E-state index in [0.29, 0.717) is 6.16 Å². The number of allylic oxidation sites excluding steroid dienone is 4. The van der Waals surface area contributed by atoms with Crippen molar-refractivity contribution in [2.45, 2.75) is 32.1 Å². The van der Waals surface area contributed by atoms with E-state index in [-0.39, 0.29) is 5.66 Å². The van der Waals surface area contributed by atoms with Gasteiger partial charge in [0, 0.05) is 19.3 Å². The van der Waals surface area contributed by atoms with Crippen LogP contribution in [0.3, 0.4) is 0 Å². The van der Waals surface area contributed by atoms with Gasteiger partial charge in [0.2, 0.25) is 0 Å². The number of nitrogens with zero attached hydrogens (tertiary/aromatic N) is 1. The fourth-order valence-electron chi connectivity index (χ4n) is 2.79. The zero-order chi connectivity index (χ0) is 14.4. The van der Waals surface area contributed by atoms with Crippen molar-refractivity contribution in [2.24, 2.45) is 0 Å². The zero-order valence-corrected chi connectivity index (χ0v) is 13.3.